The number of ether oxygens (including phenoxy) is 1. The molecule has 6 atom stereocenters. The molecular formula is C26H27BrN2O4. The van der Waals surface area contributed by atoms with Crippen LogP contribution >= 0.6 is 15.9 Å². The molecule has 2 aliphatic carbocycles. The number of anilines is 2. The molecule has 3 fully saturated rings. The second-order valence-corrected chi connectivity index (χ2v) is 10.2. The van der Waals surface area contributed by atoms with Crippen LogP contribution in [-0.2, 0) is 27.2 Å². The van der Waals surface area contributed by atoms with E-state index in [0.29, 0.717) is 11.3 Å². The summed E-state index contributed by atoms with van der Waals surface area (Å²) in [5, 5.41) is 6.01. The number of amides is 2. The Bertz CT molecular complexity index is 1090. The molecular weight excluding hydrogens is 484 g/mol. The van der Waals surface area contributed by atoms with Crippen molar-refractivity contribution in [1.82, 2.24) is 0 Å². The molecule has 0 unspecified atom stereocenters. The van der Waals surface area contributed by atoms with Crippen molar-refractivity contribution in [2.24, 2.45) is 23.7 Å². The van der Waals surface area contributed by atoms with Crippen molar-refractivity contribution in [3.8, 4) is 0 Å². The number of carbonyl (C=O) groups excluding carboxylic acids is 3. The number of halogens is 1. The van der Waals surface area contributed by atoms with Crippen molar-refractivity contribution < 1.29 is 19.1 Å². The summed E-state index contributed by atoms with van der Waals surface area (Å²) in [6.07, 6.45) is 2.41. The van der Waals surface area contributed by atoms with Crippen LogP contribution in [0.1, 0.15) is 41.8 Å². The Morgan fingerprint density at radius 1 is 1.00 bits per heavy atom. The van der Waals surface area contributed by atoms with E-state index in [-0.39, 0.29) is 52.4 Å². The summed E-state index contributed by atoms with van der Waals surface area (Å²) in [6, 6.07) is 13.0. The van der Waals surface area contributed by atoms with Gasteiger partial charge in [0, 0.05) is 22.9 Å². The van der Waals surface area contributed by atoms with Crippen molar-refractivity contribution in [2.75, 3.05) is 10.6 Å². The van der Waals surface area contributed by atoms with Crippen molar-refractivity contribution in [3.63, 3.8) is 0 Å². The summed E-state index contributed by atoms with van der Waals surface area (Å²) >= 11 is 3.64. The lowest BCUT2D eigenvalue weighted by atomic mass is 9.79. The fraction of sp³-hybridized carbons (Fsp3) is 0.423. The van der Waals surface area contributed by atoms with Gasteiger partial charge in [-0.25, -0.2) is 0 Å². The van der Waals surface area contributed by atoms with Crippen LogP contribution in [0.5, 0.6) is 0 Å². The van der Waals surface area contributed by atoms with Crippen LogP contribution in [0.15, 0.2) is 42.5 Å². The molecule has 0 aromatic heterocycles. The predicted octanol–water partition coefficient (Wildman–Crippen LogP) is 4.57. The monoisotopic (exact) mass is 510 g/mol. The third kappa shape index (κ3) is 3.66. The Labute approximate surface area is 201 Å². The number of para-hydroxylation sites is 1. The van der Waals surface area contributed by atoms with E-state index in [4.69, 9.17) is 4.74 Å². The molecule has 1 heterocycles. The molecule has 33 heavy (non-hydrogen) atoms. The zero-order chi connectivity index (χ0) is 23.3. The van der Waals surface area contributed by atoms with Crippen LogP contribution < -0.4 is 10.6 Å². The highest BCUT2D eigenvalue weighted by Crippen LogP contribution is 2.60. The second-order valence-electron chi connectivity index (χ2n) is 9.14. The van der Waals surface area contributed by atoms with Crippen molar-refractivity contribution in [3.05, 3.63) is 59.2 Å². The summed E-state index contributed by atoms with van der Waals surface area (Å²) in [6.45, 7) is 4.14. The van der Waals surface area contributed by atoms with Crippen LogP contribution in [0.2, 0.25) is 0 Å². The van der Waals surface area contributed by atoms with E-state index in [2.05, 4.69) is 40.4 Å². The standard InChI is InChI=1S/C26H27BrN2O4/c1-3-13-6-5-7-14(4-2)22(13)29-24(30)15-8-10-16(11-9-15)28-25(31)19-17-12-18-20(19)26(32)33-23(18)21(17)27/h5-11,17-21,23H,3-4,12H2,1-2H3,(H,28,31)(H,29,30)/t17-,18-,19-,20-,21-,23+/m1/s1. The van der Waals surface area contributed by atoms with Gasteiger partial charge in [0.25, 0.3) is 5.91 Å². The zero-order valence-corrected chi connectivity index (χ0v) is 20.2. The first-order valence-corrected chi connectivity index (χ1v) is 12.5. The van der Waals surface area contributed by atoms with E-state index < -0.39 is 0 Å². The summed E-state index contributed by atoms with van der Waals surface area (Å²) < 4.78 is 5.50. The maximum atomic E-state index is 13.1. The van der Waals surface area contributed by atoms with Crippen molar-refractivity contribution >= 4 is 45.1 Å². The molecule has 2 aromatic carbocycles. The lowest BCUT2D eigenvalue weighted by molar-refractivity contribution is -0.145. The Morgan fingerprint density at radius 2 is 1.67 bits per heavy atom. The molecule has 2 N–H and O–H groups in total. The van der Waals surface area contributed by atoms with Gasteiger partial charge in [0.1, 0.15) is 6.10 Å². The predicted molar refractivity (Wildman–Crippen MR) is 129 cm³/mol. The number of fused-ring (bicyclic) bond motifs is 1. The highest BCUT2D eigenvalue weighted by molar-refractivity contribution is 9.09. The maximum absolute atomic E-state index is 13.1. The van der Waals surface area contributed by atoms with Gasteiger partial charge in [0.15, 0.2) is 0 Å². The molecule has 1 aliphatic heterocycles. The minimum atomic E-state index is -0.383. The lowest BCUT2D eigenvalue weighted by Gasteiger charge is -2.27. The van der Waals surface area contributed by atoms with Gasteiger partial charge in [0.2, 0.25) is 5.91 Å². The van der Waals surface area contributed by atoms with Gasteiger partial charge in [-0.2, -0.15) is 0 Å². The summed E-state index contributed by atoms with van der Waals surface area (Å²) in [5.74, 6) is -1.08. The molecule has 2 amide bonds. The average Bonchev–Trinajstić information content (AvgIpc) is 3.44. The molecule has 6 nitrogen and oxygen atoms in total. The van der Waals surface area contributed by atoms with E-state index >= 15 is 0 Å². The molecule has 172 valence electrons. The van der Waals surface area contributed by atoms with E-state index in [9.17, 15) is 14.4 Å². The summed E-state index contributed by atoms with van der Waals surface area (Å²) in [5.41, 5.74) is 4.22. The third-order valence-corrected chi connectivity index (χ3v) is 8.68. The molecule has 2 saturated carbocycles. The maximum Gasteiger partial charge on any atom is 0.310 e. The van der Waals surface area contributed by atoms with Gasteiger partial charge in [-0.15, -0.1) is 0 Å². The lowest BCUT2D eigenvalue weighted by Crippen LogP contribution is -2.40. The van der Waals surface area contributed by atoms with Crippen LogP contribution in [0.25, 0.3) is 0 Å². The second kappa shape index (κ2) is 8.60. The molecule has 3 aliphatic rings. The van der Waals surface area contributed by atoms with Crippen molar-refractivity contribution in [2.45, 2.75) is 44.0 Å². The van der Waals surface area contributed by atoms with E-state index in [1.165, 1.54) is 0 Å². The molecule has 1 saturated heterocycles. The molecule has 2 aromatic rings. The summed E-state index contributed by atoms with van der Waals surface area (Å²) in [4.78, 5) is 38.3. The first-order chi connectivity index (χ1) is 15.9. The highest BCUT2D eigenvalue weighted by atomic mass is 79.9. The molecule has 0 radical (unpaired) electrons. The number of esters is 1. The Hall–Kier alpha value is -2.67. The van der Waals surface area contributed by atoms with Crippen molar-refractivity contribution in [1.29, 1.82) is 0 Å². The van der Waals surface area contributed by atoms with Crippen LogP contribution in [0, 0.1) is 23.7 Å². The Balaban J connectivity index is 1.28. The number of hydrogen-bond donors (Lipinski definition) is 2. The quantitative estimate of drug-likeness (QED) is 0.440. The number of carbonyl (C=O) groups is 3. The van der Waals surface area contributed by atoms with Gasteiger partial charge < -0.3 is 15.4 Å². The van der Waals surface area contributed by atoms with Gasteiger partial charge in [-0.1, -0.05) is 48.0 Å². The highest BCUT2D eigenvalue weighted by Gasteiger charge is 2.67. The SMILES string of the molecule is CCc1cccc(CC)c1NC(=O)c1ccc(NC(=O)[C@@H]2[C@H]3C[C@H]4[C@H](OC(=O)[C@H]42)[C@@H]3Br)cc1. The van der Waals surface area contributed by atoms with Gasteiger partial charge >= 0.3 is 5.97 Å². The van der Waals surface area contributed by atoms with E-state index in [0.717, 1.165) is 36.1 Å². The first-order valence-electron chi connectivity index (χ1n) is 11.6. The fourth-order valence-electron chi connectivity index (χ4n) is 5.85. The fourth-order valence-corrected chi connectivity index (χ4v) is 6.89. The first kappa shape index (κ1) is 22.1. The number of hydrogen-bond acceptors (Lipinski definition) is 4. The zero-order valence-electron chi connectivity index (χ0n) is 18.6. The van der Waals surface area contributed by atoms with E-state index in [1.54, 1.807) is 24.3 Å². The number of nitrogens with one attached hydrogen (secondary N) is 2. The van der Waals surface area contributed by atoms with Crippen LogP contribution in [0.3, 0.4) is 0 Å². The Kier molecular flexibility index (Phi) is 5.77. The number of alkyl halides is 1. The third-order valence-electron chi connectivity index (χ3n) is 7.48. The Morgan fingerprint density at radius 3 is 2.30 bits per heavy atom. The smallest absolute Gasteiger partial charge is 0.310 e. The minimum absolute atomic E-state index is 0.0334. The van der Waals surface area contributed by atoms with Crippen LogP contribution in [0.4, 0.5) is 11.4 Å². The minimum Gasteiger partial charge on any atom is -0.461 e. The largest absolute Gasteiger partial charge is 0.461 e. The normalized spacial score (nSPS) is 29.1. The number of benzene rings is 2. The van der Waals surface area contributed by atoms with Gasteiger partial charge in [-0.3, -0.25) is 14.4 Å². The van der Waals surface area contributed by atoms with Gasteiger partial charge in [-0.05, 0) is 60.6 Å². The molecule has 0 spiro atoms. The number of rotatable bonds is 6. The van der Waals surface area contributed by atoms with E-state index in [1.807, 2.05) is 18.2 Å². The van der Waals surface area contributed by atoms with Crippen LogP contribution in [-0.4, -0.2) is 28.7 Å². The molecule has 5 rings (SSSR count). The molecule has 7 heteroatoms. The van der Waals surface area contributed by atoms with Gasteiger partial charge in [0.05, 0.1) is 16.7 Å². The molecule has 2 bridgehead atoms. The topological polar surface area (TPSA) is 84.5 Å². The number of aryl methyl sites for hydroxylation is 2. The average molecular weight is 511 g/mol. The summed E-state index contributed by atoms with van der Waals surface area (Å²) in [7, 11) is 0.